The smallest absolute Gasteiger partial charge is 0.259 e. The number of nitriles is 1. The molecule has 3 aromatic carbocycles. The van der Waals surface area contributed by atoms with Gasteiger partial charge >= 0.3 is 0 Å². The largest absolute Gasteiger partial charge is 0.506 e. The molecule has 31 heavy (non-hydrogen) atoms. The Hall–Kier alpha value is -1.94. The molecule has 9 heteroatoms. The van der Waals surface area contributed by atoms with Gasteiger partial charge in [0.2, 0.25) is 0 Å². The summed E-state index contributed by atoms with van der Waals surface area (Å²) < 4.78 is 0.122. The Balaban J connectivity index is 1.95. The van der Waals surface area contributed by atoms with E-state index in [0.717, 1.165) is 5.56 Å². The summed E-state index contributed by atoms with van der Waals surface area (Å²) in [5, 5.41) is 23.8. The van der Waals surface area contributed by atoms with E-state index in [4.69, 9.17) is 46.4 Å². The maximum atomic E-state index is 12.7. The highest BCUT2D eigenvalue weighted by Gasteiger charge is 2.22. The van der Waals surface area contributed by atoms with Crippen molar-refractivity contribution in [3.8, 4) is 11.8 Å². The maximum absolute atomic E-state index is 12.7. The molecule has 0 saturated carbocycles. The van der Waals surface area contributed by atoms with Gasteiger partial charge in [0, 0.05) is 15.7 Å². The fraction of sp³-hybridized carbons (Fsp3) is 0.0909. The SMILES string of the molecule is Cc1cc(C(C#N)c2ccc(Cl)cc2)c(Cl)cc1NC(=O)c1cc(Cl)c(Cl)c(Br)c1O. The van der Waals surface area contributed by atoms with Crippen LogP contribution in [0.3, 0.4) is 0 Å². The Kier molecular flexibility index (Phi) is 7.41. The predicted octanol–water partition coefficient (Wildman–Crippen LogP) is 7.98. The van der Waals surface area contributed by atoms with Crippen LogP contribution < -0.4 is 5.32 Å². The van der Waals surface area contributed by atoms with Crippen LogP contribution in [0.5, 0.6) is 5.75 Å². The van der Waals surface area contributed by atoms with E-state index < -0.39 is 11.8 Å². The molecule has 3 rings (SSSR count). The molecular formula is C22H13BrCl4N2O2. The second-order valence-electron chi connectivity index (χ2n) is 6.64. The van der Waals surface area contributed by atoms with Crippen molar-refractivity contribution in [2.24, 2.45) is 0 Å². The number of carbonyl (C=O) groups excluding carboxylic acids is 1. The molecule has 3 aromatic rings. The second-order valence-corrected chi connectivity index (χ2v) is 9.06. The van der Waals surface area contributed by atoms with Crippen LogP contribution in [0.25, 0.3) is 0 Å². The van der Waals surface area contributed by atoms with Crippen molar-refractivity contribution < 1.29 is 9.90 Å². The molecule has 0 heterocycles. The number of nitrogens with one attached hydrogen (secondary N) is 1. The normalized spacial score (nSPS) is 11.6. The van der Waals surface area contributed by atoms with E-state index in [1.54, 1.807) is 43.3 Å². The number of hydrogen-bond acceptors (Lipinski definition) is 3. The summed E-state index contributed by atoms with van der Waals surface area (Å²) in [5.74, 6) is -1.54. The van der Waals surface area contributed by atoms with Crippen molar-refractivity contribution in [2.75, 3.05) is 5.32 Å². The molecule has 0 fully saturated rings. The lowest BCUT2D eigenvalue weighted by molar-refractivity contribution is 0.102. The molecule has 0 saturated heterocycles. The van der Waals surface area contributed by atoms with Gasteiger partial charge in [-0.2, -0.15) is 5.26 Å². The van der Waals surface area contributed by atoms with Gasteiger partial charge < -0.3 is 10.4 Å². The standard InChI is InChI=1S/C22H13BrCl4N2O2/c1-10-6-13(15(9-28)11-2-4-12(24)5-3-11)16(25)8-18(10)29-22(31)14-7-17(26)20(27)19(23)21(14)30/h2-8,15,30H,1H3,(H,29,31). The van der Waals surface area contributed by atoms with Crippen LogP contribution in [0.4, 0.5) is 5.69 Å². The average molecular weight is 559 g/mol. The summed E-state index contributed by atoms with van der Waals surface area (Å²) >= 11 is 27.5. The number of amides is 1. The highest BCUT2D eigenvalue weighted by Crippen LogP contribution is 2.40. The molecule has 0 aromatic heterocycles. The number of hydrogen-bond donors (Lipinski definition) is 2. The van der Waals surface area contributed by atoms with Crippen molar-refractivity contribution in [1.29, 1.82) is 5.26 Å². The third kappa shape index (κ3) is 4.95. The minimum Gasteiger partial charge on any atom is -0.506 e. The summed E-state index contributed by atoms with van der Waals surface area (Å²) in [6, 6.07) is 13.8. The van der Waals surface area contributed by atoms with E-state index in [1.807, 2.05) is 0 Å². The fourth-order valence-electron chi connectivity index (χ4n) is 2.99. The Bertz CT molecular complexity index is 1220. The first-order valence-electron chi connectivity index (χ1n) is 8.77. The third-order valence-electron chi connectivity index (χ3n) is 4.62. The van der Waals surface area contributed by atoms with Crippen LogP contribution in [0.15, 0.2) is 46.9 Å². The molecule has 0 aliphatic heterocycles. The number of nitrogens with zero attached hydrogens (tertiary/aromatic N) is 1. The molecule has 0 radical (unpaired) electrons. The average Bonchev–Trinajstić information content (AvgIpc) is 2.74. The number of aryl methyl sites for hydroxylation is 1. The fourth-order valence-corrected chi connectivity index (χ4v) is 4.27. The highest BCUT2D eigenvalue weighted by atomic mass is 79.9. The van der Waals surface area contributed by atoms with E-state index in [2.05, 4.69) is 27.3 Å². The molecule has 0 bridgehead atoms. The first-order chi connectivity index (χ1) is 14.6. The van der Waals surface area contributed by atoms with E-state index in [-0.39, 0.29) is 25.8 Å². The molecule has 2 N–H and O–H groups in total. The van der Waals surface area contributed by atoms with Crippen LogP contribution >= 0.6 is 62.3 Å². The first kappa shape index (κ1) is 23.7. The first-order valence-corrected chi connectivity index (χ1v) is 11.1. The van der Waals surface area contributed by atoms with E-state index in [9.17, 15) is 15.2 Å². The van der Waals surface area contributed by atoms with Crippen molar-refractivity contribution in [3.63, 3.8) is 0 Å². The topological polar surface area (TPSA) is 73.1 Å². The highest BCUT2D eigenvalue weighted by molar-refractivity contribution is 9.10. The van der Waals surface area contributed by atoms with Gasteiger partial charge in [0.15, 0.2) is 0 Å². The van der Waals surface area contributed by atoms with Gasteiger partial charge in [-0.1, -0.05) is 64.6 Å². The monoisotopic (exact) mass is 556 g/mol. The quantitative estimate of drug-likeness (QED) is 0.319. The molecule has 0 aliphatic rings. The number of phenolic OH excluding ortho intramolecular Hbond substituents is 1. The molecule has 1 atom stereocenters. The lowest BCUT2D eigenvalue weighted by Gasteiger charge is -2.17. The van der Waals surface area contributed by atoms with Crippen LogP contribution in [0, 0.1) is 18.3 Å². The molecule has 4 nitrogen and oxygen atoms in total. The Morgan fingerprint density at radius 2 is 1.74 bits per heavy atom. The van der Waals surface area contributed by atoms with Gasteiger partial charge in [-0.05, 0) is 63.8 Å². The van der Waals surface area contributed by atoms with Crippen LogP contribution in [0.2, 0.25) is 20.1 Å². The number of rotatable bonds is 4. The third-order valence-corrected chi connectivity index (χ3v) is 6.98. The van der Waals surface area contributed by atoms with E-state index >= 15 is 0 Å². The van der Waals surface area contributed by atoms with Crippen LogP contribution in [-0.4, -0.2) is 11.0 Å². The molecule has 1 unspecified atom stereocenters. The van der Waals surface area contributed by atoms with Crippen LogP contribution in [-0.2, 0) is 0 Å². The lowest BCUT2D eigenvalue weighted by Crippen LogP contribution is -2.14. The minimum atomic E-state index is -0.608. The molecule has 1 amide bonds. The summed E-state index contributed by atoms with van der Waals surface area (Å²) in [7, 11) is 0. The zero-order valence-electron chi connectivity index (χ0n) is 15.8. The minimum absolute atomic E-state index is 0.0584. The number of phenols is 1. The van der Waals surface area contributed by atoms with Crippen LogP contribution in [0.1, 0.15) is 33.0 Å². The number of carbonyl (C=O) groups is 1. The van der Waals surface area contributed by atoms with Crippen molar-refractivity contribution >= 4 is 73.9 Å². The maximum Gasteiger partial charge on any atom is 0.259 e. The van der Waals surface area contributed by atoms with Crippen molar-refractivity contribution in [3.05, 3.63) is 89.3 Å². The summed E-state index contributed by atoms with van der Waals surface area (Å²) in [6.07, 6.45) is 0. The van der Waals surface area contributed by atoms with Gasteiger partial charge in [0.05, 0.1) is 32.1 Å². The Labute approximate surface area is 207 Å². The number of aromatic hydroxyl groups is 1. The molecular weight excluding hydrogens is 546 g/mol. The zero-order chi connectivity index (χ0) is 22.9. The summed E-state index contributed by atoms with van der Waals surface area (Å²) in [5.41, 5.74) is 2.39. The van der Waals surface area contributed by atoms with Crippen molar-refractivity contribution in [1.82, 2.24) is 0 Å². The Morgan fingerprint density at radius 1 is 1.10 bits per heavy atom. The van der Waals surface area contributed by atoms with Gasteiger partial charge in [0.25, 0.3) is 5.91 Å². The number of anilines is 1. The summed E-state index contributed by atoms with van der Waals surface area (Å²) in [4.78, 5) is 12.7. The van der Waals surface area contributed by atoms with Crippen molar-refractivity contribution in [2.45, 2.75) is 12.8 Å². The van der Waals surface area contributed by atoms with Gasteiger partial charge in [-0.15, -0.1) is 0 Å². The molecule has 0 aliphatic carbocycles. The number of benzene rings is 3. The zero-order valence-corrected chi connectivity index (χ0v) is 20.4. The van der Waals surface area contributed by atoms with Gasteiger partial charge in [-0.25, -0.2) is 0 Å². The predicted molar refractivity (Wildman–Crippen MR) is 129 cm³/mol. The van der Waals surface area contributed by atoms with Gasteiger partial charge in [-0.3, -0.25) is 4.79 Å². The lowest BCUT2D eigenvalue weighted by atomic mass is 9.91. The molecule has 0 spiro atoms. The van der Waals surface area contributed by atoms with E-state index in [1.165, 1.54) is 6.07 Å². The Morgan fingerprint density at radius 3 is 2.35 bits per heavy atom. The van der Waals surface area contributed by atoms with Gasteiger partial charge in [0.1, 0.15) is 5.75 Å². The number of halogens is 5. The summed E-state index contributed by atoms with van der Waals surface area (Å²) in [6.45, 7) is 1.77. The van der Waals surface area contributed by atoms with E-state index in [0.29, 0.717) is 26.9 Å². The second kappa shape index (κ2) is 9.68. The molecule has 158 valence electrons.